The molecule has 1 aliphatic rings. The normalized spacial score (nSPS) is 15.8. The summed E-state index contributed by atoms with van der Waals surface area (Å²) < 4.78 is 0. The molecule has 0 bridgehead atoms. The minimum Gasteiger partial charge on any atom is -0.481 e. The van der Waals surface area contributed by atoms with E-state index >= 15 is 0 Å². The molecule has 0 fully saturated rings. The fourth-order valence-electron chi connectivity index (χ4n) is 3.63. The highest BCUT2D eigenvalue weighted by Gasteiger charge is 2.34. The van der Waals surface area contributed by atoms with Crippen molar-refractivity contribution in [3.63, 3.8) is 0 Å². The van der Waals surface area contributed by atoms with Gasteiger partial charge in [0.05, 0.1) is 17.0 Å². The van der Waals surface area contributed by atoms with Crippen LogP contribution in [0.5, 0.6) is 0 Å². The van der Waals surface area contributed by atoms with Crippen LogP contribution in [0.4, 0.5) is 0 Å². The molecule has 0 saturated carbocycles. The molecule has 1 heterocycles. The summed E-state index contributed by atoms with van der Waals surface area (Å²) in [5.41, 5.74) is 0.999. The summed E-state index contributed by atoms with van der Waals surface area (Å²) in [6.07, 6.45) is 4.29. The van der Waals surface area contributed by atoms with Crippen LogP contribution in [0, 0.1) is 11.8 Å². The van der Waals surface area contributed by atoms with Crippen molar-refractivity contribution in [2.45, 2.75) is 58.9 Å². The number of fused-ring (bicyclic) bond motifs is 1. The van der Waals surface area contributed by atoms with Crippen LogP contribution in [0.3, 0.4) is 0 Å². The Morgan fingerprint density at radius 1 is 1.04 bits per heavy atom. The number of imide groups is 1. The minimum atomic E-state index is -0.741. The van der Waals surface area contributed by atoms with Crippen LogP contribution in [0.2, 0.25) is 0 Å². The molecular weight excluding hydrogens is 356 g/mol. The first-order chi connectivity index (χ1) is 13.3. The van der Waals surface area contributed by atoms with E-state index < -0.39 is 5.97 Å². The lowest BCUT2D eigenvalue weighted by atomic mass is 9.96. The number of rotatable bonds is 12. The number of hydrogen-bond acceptors (Lipinski definition) is 4. The zero-order chi connectivity index (χ0) is 20.7. The molecule has 1 aromatic rings. The number of carboxylic acids is 1. The lowest BCUT2D eigenvalue weighted by Crippen LogP contribution is -2.35. The number of nitrogens with one attached hydrogen (secondary N) is 1. The van der Waals surface area contributed by atoms with Gasteiger partial charge < -0.3 is 10.4 Å². The lowest BCUT2D eigenvalue weighted by molar-refractivity contribution is -0.142. The number of carboxylic acid groups (broad SMARTS) is 1. The zero-order valence-corrected chi connectivity index (χ0v) is 17.1. The molecule has 0 aromatic heterocycles. The quantitative estimate of drug-likeness (QED) is 0.422. The van der Waals surface area contributed by atoms with Gasteiger partial charge in [-0.1, -0.05) is 38.8 Å². The van der Waals surface area contributed by atoms with E-state index in [1.807, 2.05) is 13.8 Å². The van der Waals surface area contributed by atoms with Gasteiger partial charge in [0.2, 0.25) is 0 Å². The highest BCUT2D eigenvalue weighted by Crippen LogP contribution is 2.23. The van der Waals surface area contributed by atoms with Crippen molar-refractivity contribution >= 4 is 17.8 Å². The Morgan fingerprint density at radius 3 is 2.18 bits per heavy atom. The van der Waals surface area contributed by atoms with Crippen LogP contribution in [0.15, 0.2) is 24.3 Å². The van der Waals surface area contributed by atoms with Gasteiger partial charge in [0.15, 0.2) is 0 Å². The van der Waals surface area contributed by atoms with Crippen LogP contribution in [-0.2, 0) is 4.79 Å². The molecule has 1 aromatic carbocycles. The predicted molar refractivity (Wildman–Crippen MR) is 108 cm³/mol. The summed E-state index contributed by atoms with van der Waals surface area (Å²) in [4.78, 5) is 37.3. The van der Waals surface area contributed by atoms with Gasteiger partial charge in [-0.15, -0.1) is 0 Å². The van der Waals surface area contributed by atoms with E-state index in [1.54, 1.807) is 24.3 Å². The van der Waals surface area contributed by atoms with Crippen molar-refractivity contribution < 1.29 is 19.5 Å². The standard InChI is InChI=1S/C22H32N2O4/c1-15(2)13-17(22(27)28)14-23-16(3)9-5-4-8-12-24-20(25)18-10-6-7-11-19(18)21(24)26/h6-7,10-11,15-17,23H,4-5,8-9,12-14H2,1-3H3,(H,27,28). The first-order valence-electron chi connectivity index (χ1n) is 10.2. The Labute approximate surface area is 167 Å². The largest absolute Gasteiger partial charge is 0.481 e. The second kappa shape index (κ2) is 10.4. The second-order valence-electron chi connectivity index (χ2n) is 8.13. The van der Waals surface area contributed by atoms with E-state index in [-0.39, 0.29) is 23.8 Å². The first kappa shape index (κ1) is 22.1. The molecule has 1 aliphatic heterocycles. The Balaban J connectivity index is 1.65. The maximum atomic E-state index is 12.3. The van der Waals surface area contributed by atoms with Crippen molar-refractivity contribution in [2.24, 2.45) is 11.8 Å². The fourth-order valence-corrected chi connectivity index (χ4v) is 3.63. The predicted octanol–water partition coefficient (Wildman–Crippen LogP) is 3.57. The van der Waals surface area contributed by atoms with E-state index in [4.69, 9.17) is 0 Å². The molecule has 0 spiro atoms. The van der Waals surface area contributed by atoms with Crippen LogP contribution >= 0.6 is 0 Å². The van der Waals surface area contributed by atoms with Crippen molar-refractivity contribution in [1.82, 2.24) is 10.2 Å². The third kappa shape index (κ3) is 5.89. The number of aliphatic carboxylic acids is 1. The Kier molecular flexibility index (Phi) is 8.18. The number of unbranched alkanes of at least 4 members (excludes halogenated alkanes) is 2. The van der Waals surface area contributed by atoms with Crippen LogP contribution in [0.25, 0.3) is 0 Å². The van der Waals surface area contributed by atoms with Gasteiger partial charge in [0, 0.05) is 19.1 Å². The summed E-state index contributed by atoms with van der Waals surface area (Å²) in [5.74, 6) is -1.12. The van der Waals surface area contributed by atoms with Gasteiger partial charge in [0.1, 0.15) is 0 Å². The summed E-state index contributed by atoms with van der Waals surface area (Å²) >= 11 is 0. The number of carbonyl (C=O) groups is 3. The molecule has 6 nitrogen and oxygen atoms in total. The molecule has 2 atom stereocenters. The first-order valence-corrected chi connectivity index (χ1v) is 10.2. The number of hydrogen-bond donors (Lipinski definition) is 2. The highest BCUT2D eigenvalue weighted by molar-refractivity contribution is 6.21. The van der Waals surface area contributed by atoms with Crippen molar-refractivity contribution in [2.75, 3.05) is 13.1 Å². The molecule has 2 unspecified atom stereocenters. The zero-order valence-electron chi connectivity index (χ0n) is 17.1. The van der Waals surface area contributed by atoms with Gasteiger partial charge in [-0.25, -0.2) is 0 Å². The molecule has 0 aliphatic carbocycles. The van der Waals surface area contributed by atoms with Gasteiger partial charge in [-0.3, -0.25) is 19.3 Å². The van der Waals surface area contributed by atoms with E-state index in [0.717, 1.165) is 25.7 Å². The minimum absolute atomic E-state index is 0.194. The molecule has 2 amide bonds. The smallest absolute Gasteiger partial charge is 0.307 e. The maximum Gasteiger partial charge on any atom is 0.307 e. The average molecular weight is 389 g/mol. The van der Waals surface area contributed by atoms with Crippen molar-refractivity contribution in [1.29, 1.82) is 0 Å². The van der Waals surface area contributed by atoms with Crippen LogP contribution in [-0.4, -0.2) is 46.9 Å². The SMILES string of the molecule is CC(C)CC(CNC(C)CCCCCN1C(=O)c2ccccc2C1=O)C(=O)O. The number of amides is 2. The van der Waals surface area contributed by atoms with Crippen molar-refractivity contribution in [3.8, 4) is 0 Å². The number of benzene rings is 1. The summed E-state index contributed by atoms with van der Waals surface area (Å²) in [7, 11) is 0. The molecular formula is C22H32N2O4. The van der Waals surface area contributed by atoms with Crippen LogP contribution < -0.4 is 5.32 Å². The molecule has 28 heavy (non-hydrogen) atoms. The van der Waals surface area contributed by atoms with Gasteiger partial charge in [-0.05, 0) is 44.2 Å². The van der Waals surface area contributed by atoms with E-state index in [1.165, 1.54) is 4.90 Å². The van der Waals surface area contributed by atoms with Crippen molar-refractivity contribution in [3.05, 3.63) is 35.4 Å². The van der Waals surface area contributed by atoms with Gasteiger partial charge in [-0.2, -0.15) is 0 Å². The summed E-state index contributed by atoms with van der Waals surface area (Å²) in [5, 5.41) is 12.6. The second-order valence-corrected chi connectivity index (χ2v) is 8.13. The molecule has 0 radical (unpaired) electrons. The highest BCUT2D eigenvalue weighted by atomic mass is 16.4. The lowest BCUT2D eigenvalue weighted by Gasteiger charge is -2.19. The van der Waals surface area contributed by atoms with Gasteiger partial charge in [0.25, 0.3) is 11.8 Å². The average Bonchev–Trinajstić information content (AvgIpc) is 2.89. The number of nitrogens with zero attached hydrogens (tertiary/aromatic N) is 1. The summed E-state index contributed by atoms with van der Waals surface area (Å²) in [6.45, 7) is 7.08. The Hall–Kier alpha value is -2.21. The summed E-state index contributed by atoms with van der Waals surface area (Å²) in [6, 6.07) is 7.20. The Morgan fingerprint density at radius 2 is 1.64 bits per heavy atom. The van der Waals surface area contributed by atoms with Gasteiger partial charge >= 0.3 is 5.97 Å². The third-order valence-corrected chi connectivity index (χ3v) is 5.21. The Bertz CT molecular complexity index is 667. The topological polar surface area (TPSA) is 86.7 Å². The third-order valence-electron chi connectivity index (χ3n) is 5.21. The van der Waals surface area contributed by atoms with E-state index in [9.17, 15) is 19.5 Å². The van der Waals surface area contributed by atoms with Crippen LogP contribution in [0.1, 0.15) is 73.6 Å². The fraction of sp³-hybridized carbons (Fsp3) is 0.591. The maximum absolute atomic E-state index is 12.3. The molecule has 2 N–H and O–H groups in total. The number of carbonyl (C=O) groups excluding carboxylic acids is 2. The molecule has 2 rings (SSSR count). The van der Waals surface area contributed by atoms with E-state index in [0.29, 0.717) is 36.6 Å². The van der Waals surface area contributed by atoms with E-state index in [2.05, 4.69) is 12.2 Å². The molecule has 154 valence electrons. The molecule has 6 heteroatoms. The molecule has 0 saturated heterocycles. The monoisotopic (exact) mass is 388 g/mol.